The molecule has 4 aromatic rings. The molecule has 7 heteroatoms. The maximum atomic E-state index is 12.2. The standard InChI is InChI=1S/C25H24N4O3/c1-18-3-2-4-20(15-18)17-31-22-7-5-19(6-8-22)16-27-23(30)9-10-24-28-25(29-32-24)21-11-13-26-14-12-21/h2-8,11-15H,9-10,16-17H2,1H3,(H,27,30). The molecule has 1 amide bonds. The normalized spacial score (nSPS) is 10.7. The zero-order valence-corrected chi connectivity index (χ0v) is 17.8. The molecule has 0 aliphatic rings. The van der Waals surface area contributed by atoms with E-state index >= 15 is 0 Å². The molecule has 7 nitrogen and oxygen atoms in total. The van der Waals surface area contributed by atoms with Crippen molar-refractivity contribution in [2.24, 2.45) is 0 Å². The topological polar surface area (TPSA) is 90.1 Å². The van der Waals surface area contributed by atoms with Crippen LogP contribution in [0.3, 0.4) is 0 Å². The minimum atomic E-state index is -0.0755. The van der Waals surface area contributed by atoms with Gasteiger partial charge in [-0.25, -0.2) is 0 Å². The maximum absolute atomic E-state index is 12.2. The molecule has 0 unspecified atom stereocenters. The van der Waals surface area contributed by atoms with Crippen LogP contribution in [0, 0.1) is 6.92 Å². The van der Waals surface area contributed by atoms with Gasteiger partial charge in [-0.05, 0) is 42.3 Å². The Morgan fingerprint density at radius 2 is 1.84 bits per heavy atom. The number of rotatable bonds is 9. The largest absolute Gasteiger partial charge is 0.489 e. The summed E-state index contributed by atoms with van der Waals surface area (Å²) in [5.41, 5.74) is 4.17. The van der Waals surface area contributed by atoms with Gasteiger partial charge in [0.05, 0.1) is 0 Å². The highest BCUT2D eigenvalue weighted by Gasteiger charge is 2.10. The second kappa shape index (κ2) is 10.3. The number of aromatic nitrogens is 3. The van der Waals surface area contributed by atoms with E-state index in [0.717, 1.165) is 22.4 Å². The van der Waals surface area contributed by atoms with Crippen molar-refractivity contribution in [1.82, 2.24) is 20.4 Å². The van der Waals surface area contributed by atoms with E-state index in [9.17, 15) is 4.79 Å². The first-order chi connectivity index (χ1) is 15.7. The van der Waals surface area contributed by atoms with Crippen LogP contribution >= 0.6 is 0 Å². The molecule has 4 rings (SSSR count). The van der Waals surface area contributed by atoms with Crippen LogP contribution < -0.4 is 10.1 Å². The molecule has 0 saturated carbocycles. The Kier molecular flexibility index (Phi) is 6.87. The second-order valence-electron chi connectivity index (χ2n) is 7.45. The highest BCUT2D eigenvalue weighted by atomic mass is 16.5. The van der Waals surface area contributed by atoms with Gasteiger partial charge in [0, 0.05) is 37.3 Å². The lowest BCUT2D eigenvalue weighted by atomic mass is 10.1. The zero-order chi connectivity index (χ0) is 22.2. The Morgan fingerprint density at radius 1 is 1.03 bits per heavy atom. The smallest absolute Gasteiger partial charge is 0.227 e. The SMILES string of the molecule is Cc1cccc(COc2ccc(CNC(=O)CCc3nc(-c4ccncc4)no3)cc2)c1. The zero-order valence-electron chi connectivity index (χ0n) is 17.8. The molecule has 0 atom stereocenters. The van der Waals surface area contributed by atoms with Crippen LogP contribution in [0.1, 0.15) is 29.0 Å². The van der Waals surface area contributed by atoms with Crippen molar-refractivity contribution in [3.05, 3.63) is 95.6 Å². The van der Waals surface area contributed by atoms with Crippen LogP contribution in [0.2, 0.25) is 0 Å². The molecular formula is C25H24N4O3. The summed E-state index contributed by atoms with van der Waals surface area (Å²) in [6, 6.07) is 19.6. The van der Waals surface area contributed by atoms with Crippen LogP contribution in [0.15, 0.2) is 77.6 Å². The van der Waals surface area contributed by atoms with Gasteiger partial charge < -0.3 is 14.6 Å². The number of ether oxygens (including phenoxy) is 1. The number of amides is 1. The Hall–Kier alpha value is -4.00. The summed E-state index contributed by atoms with van der Waals surface area (Å²) >= 11 is 0. The maximum Gasteiger partial charge on any atom is 0.227 e. The number of aryl methyl sites for hydroxylation is 2. The van der Waals surface area contributed by atoms with Gasteiger partial charge in [0.15, 0.2) is 0 Å². The first-order valence-corrected chi connectivity index (χ1v) is 10.4. The van der Waals surface area contributed by atoms with E-state index in [-0.39, 0.29) is 12.3 Å². The van der Waals surface area contributed by atoms with Gasteiger partial charge in [-0.1, -0.05) is 47.1 Å². The molecule has 32 heavy (non-hydrogen) atoms. The summed E-state index contributed by atoms with van der Waals surface area (Å²) in [5, 5.41) is 6.86. The number of hydrogen-bond donors (Lipinski definition) is 1. The van der Waals surface area contributed by atoms with Crippen LogP contribution in [-0.2, 0) is 24.4 Å². The first-order valence-electron chi connectivity index (χ1n) is 10.4. The third-order valence-corrected chi connectivity index (χ3v) is 4.87. The van der Waals surface area contributed by atoms with Crippen LogP contribution in [0.25, 0.3) is 11.4 Å². The summed E-state index contributed by atoms with van der Waals surface area (Å²) < 4.78 is 11.1. The van der Waals surface area contributed by atoms with Crippen molar-refractivity contribution >= 4 is 5.91 Å². The molecule has 0 bridgehead atoms. The van der Waals surface area contributed by atoms with Crippen LogP contribution in [0.4, 0.5) is 0 Å². The van der Waals surface area contributed by atoms with Crippen LogP contribution in [0.5, 0.6) is 5.75 Å². The lowest BCUT2D eigenvalue weighted by Gasteiger charge is -2.09. The summed E-state index contributed by atoms with van der Waals surface area (Å²) in [5.74, 6) is 1.64. The molecule has 0 saturated heterocycles. The van der Waals surface area contributed by atoms with E-state index in [1.165, 1.54) is 5.56 Å². The van der Waals surface area contributed by atoms with Gasteiger partial charge >= 0.3 is 0 Å². The number of benzene rings is 2. The Bertz CT molecular complexity index is 1160. The van der Waals surface area contributed by atoms with Crippen molar-refractivity contribution in [2.45, 2.75) is 32.9 Å². The average Bonchev–Trinajstić information content (AvgIpc) is 3.31. The molecule has 0 aliphatic heterocycles. The van der Waals surface area contributed by atoms with Crippen LogP contribution in [-0.4, -0.2) is 21.0 Å². The third-order valence-electron chi connectivity index (χ3n) is 4.87. The molecule has 0 aliphatic carbocycles. The lowest BCUT2D eigenvalue weighted by molar-refractivity contribution is -0.121. The fourth-order valence-electron chi connectivity index (χ4n) is 3.16. The minimum Gasteiger partial charge on any atom is -0.489 e. The van der Waals surface area contributed by atoms with Crippen molar-refractivity contribution in [3.63, 3.8) is 0 Å². The summed E-state index contributed by atoms with van der Waals surface area (Å²) in [6.07, 6.45) is 3.99. The summed E-state index contributed by atoms with van der Waals surface area (Å²) in [7, 11) is 0. The minimum absolute atomic E-state index is 0.0755. The molecule has 0 radical (unpaired) electrons. The number of hydrogen-bond acceptors (Lipinski definition) is 6. The number of nitrogens with zero attached hydrogens (tertiary/aromatic N) is 3. The van der Waals surface area contributed by atoms with Crippen molar-refractivity contribution < 1.29 is 14.1 Å². The summed E-state index contributed by atoms with van der Waals surface area (Å²) in [4.78, 5) is 20.5. The number of pyridine rings is 1. The van der Waals surface area contributed by atoms with Gasteiger partial charge in [0.1, 0.15) is 12.4 Å². The second-order valence-corrected chi connectivity index (χ2v) is 7.45. The predicted molar refractivity (Wildman–Crippen MR) is 120 cm³/mol. The van der Waals surface area contributed by atoms with E-state index < -0.39 is 0 Å². The molecule has 2 aromatic heterocycles. The predicted octanol–water partition coefficient (Wildman–Crippen LogP) is 4.27. The van der Waals surface area contributed by atoms with Crippen molar-refractivity contribution in [3.8, 4) is 17.1 Å². The van der Waals surface area contributed by atoms with Gasteiger partial charge in [-0.15, -0.1) is 0 Å². The Labute approximate surface area is 186 Å². The molecule has 2 aromatic carbocycles. The third kappa shape index (κ3) is 6.01. The van der Waals surface area contributed by atoms with Crippen molar-refractivity contribution in [1.29, 1.82) is 0 Å². The Morgan fingerprint density at radius 3 is 2.62 bits per heavy atom. The number of carbonyl (C=O) groups excluding carboxylic acids is 1. The number of nitrogens with one attached hydrogen (secondary N) is 1. The van der Waals surface area contributed by atoms with Gasteiger partial charge in [-0.2, -0.15) is 4.98 Å². The van der Waals surface area contributed by atoms with Crippen molar-refractivity contribution in [2.75, 3.05) is 0 Å². The monoisotopic (exact) mass is 428 g/mol. The summed E-state index contributed by atoms with van der Waals surface area (Å²) in [6.45, 7) is 3.04. The average molecular weight is 428 g/mol. The molecule has 0 fully saturated rings. The fourth-order valence-corrected chi connectivity index (χ4v) is 3.16. The van der Waals surface area contributed by atoms with E-state index in [4.69, 9.17) is 9.26 Å². The lowest BCUT2D eigenvalue weighted by Crippen LogP contribution is -2.23. The quantitative estimate of drug-likeness (QED) is 0.428. The van der Waals surface area contributed by atoms with Gasteiger partial charge in [0.2, 0.25) is 17.6 Å². The van der Waals surface area contributed by atoms with Gasteiger partial charge in [-0.3, -0.25) is 9.78 Å². The van der Waals surface area contributed by atoms with E-state index in [1.807, 2.05) is 36.4 Å². The molecule has 2 heterocycles. The van der Waals surface area contributed by atoms with Gasteiger partial charge in [0.25, 0.3) is 0 Å². The molecule has 1 N–H and O–H groups in total. The molecule has 162 valence electrons. The highest BCUT2D eigenvalue weighted by molar-refractivity contribution is 5.76. The number of carbonyl (C=O) groups is 1. The first kappa shape index (κ1) is 21.2. The molecule has 0 spiro atoms. The fraction of sp³-hybridized carbons (Fsp3) is 0.200. The van der Waals surface area contributed by atoms with E-state index in [2.05, 4.69) is 39.5 Å². The Balaban J connectivity index is 1.20. The van der Waals surface area contributed by atoms with E-state index in [0.29, 0.717) is 31.3 Å². The van der Waals surface area contributed by atoms with E-state index in [1.54, 1.807) is 24.5 Å². The molecular weight excluding hydrogens is 404 g/mol. The highest BCUT2D eigenvalue weighted by Crippen LogP contribution is 2.16.